The van der Waals surface area contributed by atoms with E-state index in [1.165, 1.54) is 13.2 Å². The molecule has 0 N–H and O–H groups in total. The number of aromatic nitrogens is 1. The fourth-order valence-corrected chi connectivity index (χ4v) is 3.42. The number of methoxy groups -OCH3 is 1. The number of carbonyl (C=O) groups is 2. The van der Waals surface area contributed by atoms with E-state index in [0.29, 0.717) is 25.1 Å². The van der Waals surface area contributed by atoms with Crippen molar-refractivity contribution in [1.29, 1.82) is 0 Å². The number of amides is 1. The van der Waals surface area contributed by atoms with Crippen molar-refractivity contribution >= 4 is 22.8 Å². The van der Waals surface area contributed by atoms with Crippen molar-refractivity contribution < 1.29 is 14.3 Å². The van der Waals surface area contributed by atoms with Gasteiger partial charge in [-0.2, -0.15) is 0 Å². The van der Waals surface area contributed by atoms with Crippen LogP contribution in [0.15, 0.2) is 35.1 Å². The van der Waals surface area contributed by atoms with Gasteiger partial charge in [-0.1, -0.05) is 18.2 Å². The van der Waals surface area contributed by atoms with E-state index in [2.05, 4.69) is 0 Å². The number of esters is 1. The highest BCUT2D eigenvalue weighted by Crippen LogP contribution is 2.24. The van der Waals surface area contributed by atoms with Crippen LogP contribution in [0, 0.1) is 5.92 Å². The molecule has 2 aromatic rings. The highest BCUT2D eigenvalue weighted by molar-refractivity contribution is 6.06. The van der Waals surface area contributed by atoms with Crippen LogP contribution in [0.1, 0.15) is 29.6 Å². The van der Waals surface area contributed by atoms with E-state index in [1.54, 1.807) is 16.5 Å². The Balaban J connectivity index is 1.81. The van der Waals surface area contributed by atoms with Gasteiger partial charge in [-0.15, -0.1) is 0 Å². The van der Waals surface area contributed by atoms with Crippen LogP contribution in [0.3, 0.4) is 0 Å². The molecule has 2 heterocycles. The zero-order chi connectivity index (χ0) is 18.0. The highest BCUT2D eigenvalue weighted by Gasteiger charge is 2.26. The largest absolute Gasteiger partial charge is 0.469 e. The molecule has 0 radical (unpaired) electrons. The van der Waals surface area contributed by atoms with Gasteiger partial charge in [0.05, 0.1) is 18.2 Å². The number of likely N-dealkylation sites (tertiary alicyclic amines) is 1. The number of fused-ring (bicyclic) bond motifs is 1. The average molecular weight is 342 g/mol. The highest BCUT2D eigenvalue weighted by atomic mass is 16.5. The van der Waals surface area contributed by atoms with Crippen LogP contribution in [0.2, 0.25) is 0 Å². The molecule has 1 saturated heterocycles. The van der Waals surface area contributed by atoms with Crippen molar-refractivity contribution in [2.75, 3.05) is 20.2 Å². The fourth-order valence-electron chi connectivity index (χ4n) is 3.42. The van der Waals surface area contributed by atoms with Gasteiger partial charge < -0.3 is 14.2 Å². The molecule has 1 aliphatic rings. The molecule has 1 fully saturated rings. The molecule has 25 heavy (non-hydrogen) atoms. The zero-order valence-corrected chi connectivity index (χ0v) is 14.5. The predicted octanol–water partition coefficient (Wildman–Crippen LogP) is 1.95. The molecule has 3 rings (SSSR count). The summed E-state index contributed by atoms with van der Waals surface area (Å²) in [6, 6.07) is 8.86. The van der Waals surface area contributed by atoms with Gasteiger partial charge in [0.25, 0.3) is 11.5 Å². The molecule has 0 spiro atoms. The minimum absolute atomic E-state index is 0.120. The number of hydrogen-bond acceptors (Lipinski definition) is 4. The maximum atomic E-state index is 12.9. The average Bonchev–Trinajstić information content (AvgIpc) is 2.64. The van der Waals surface area contributed by atoms with Crippen LogP contribution in [-0.2, 0) is 16.6 Å². The third-order valence-corrected chi connectivity index (χ3v) is 4.97. The summed E-state index contributed by atoms with van der Waals surface area (Å²) < 4.78 is 6.26. The van der Waals surface area contributed by atoms with E-state index < -0.39 is 0 Å². The van der Waals surface area contributed by atoms with Crippen molar-refractivity contribution in [2.24, 2.45) is 13.0 Å². The summed E-state index contributed by atoms with van der Waals surface area (Å²) in [4.78, 5) is 38.3. The van der Waals surface area contributed by atoms with Gasteiger partial charge in [0, 0.05) is 38.0 Å². The number of para-hydroxylation sites is 1. The summed E-state index contributed by atoms with van der Waals surface area (Å²) in [5, 5.41) is 0.784. The number of aryl methyl sites for hydroxylation is 1. The van der Waals surface area contributed by atoms with Crippen LogP contribution in [0.25, 0.3) is 10.9 Å². The first-order chi connectivity index (χ1) is 12.0. The van der Waals surface area contributed by atoms with E-state index in [1.807, 2.05) is 24.3 Å². The molecule has 132 valence electrons. The lowest BCUT2D eigenvalue weighted by atomic mass is 9.93. The number of rotatable bonds is 3. The van der Waals surface area contributed by atoms with Gasteiger partial charge >= 0.3 is 5.97 Å². The number of ether oxygens (including phenoxy) is 1. The third kappa shape index (κ3) is 3.43. The van der Waals surface area contributed by atoms with Gasteiger partial charge in [0.2, 0.25) is 0 Å². The van der Waals surface area contributed by atoms with Gasteiger partial charge in [0.15, 0.2) is 0 Å². The van der Waals surface area contributed by atoms with Gasteiger partial charge in [-0.05, 0) is 24.8 Å². The Morgan fingerprint density at radius 3 is 2.56 bits per heavy atom. The van der Waals surface area contributed by atoms with Gasteiger partial charge in [0.1, 0.15) is 0 Å². The molecule has 6 nitrogen and oxygen atoms in total. The molecule has 1 aliphatic heterocycles. The minimum atomic E-state index is -0.206. The summed E-state index contributed by atoms with van der Waals surface area (Å²) >= 11 is 0. The summed E-state index contributed by atoms with van der Waals surface area (Å²) in [7, 11) is 3.10. The number of benzene rings is 1. The molecule has 1 aromatic carbocycles. The Morgan fingerprint density at radius 2 is 1.88 bits per heavy atom. The van der Waals surface area contributed by atoms with E-state index in [9.17, 15) is 14.4 Å². The number of pyridine rings is 1. The molecule has 0 saturated carbocycles. The first-order valence-electron chi connectivity index (χ1n) is 8.46. The zero-order valence-electron chi connectivity index (χ0n) is 14.5. The van der Waals surface area contributed by atoms with Crippen LogP contribution in [0.4, 0.5) is 0 Å². The summed E-state index contributed by atoms with van der Waals surface area (Å²) in [6.07, 6.45) is 1.93. The number of nitrogens with zero attached hydrogens (tertiary/aromatic N) is 2. The van der Waals surface area contributed by atoms with Crippen molar-refractivity contribution in [3.05, 3.63) is 46.2 Å². The van der Waals surface area contributed by atoms with Crippen molar-refractivity contribution in [2.45, 2.75) is 19.3 Å². The summed E-state index contributed by atoms with van der Waals surface area (Å²) in [6.45, 7) is 1.17. The van der Waals surface area contributed by atoms with E-state index in [-0.39, 0.29) is 23.4 Å². The van der Waals surface area contributed by atoms with Gasteiger partial charge in [-0.25, -0.2) is 0 Å². The predicted molar refractivity (Wildman–Crippen MR) is 94.4 cm³/mol. The second kappa shape index (κ2) is 7.09. The van der Waals surface area contributed by atoms with Crippen LogP contribution >= 0.6 is 0 Å². The normalized spacial score (nSPS) is 15.4. The summed E-state index contributed by atoms with van der Waals surface area (Å²) in [5.74, 6) is -0.0790. The lowest BCUT2D eigenvalue weighted by Gasteiger charge is -2.31. The smallest absolute Gasteiger partial charge is 0.305 e. The van der Waals surface area contributed by atoms with E-state index >= 15 is 0 Å². The first-order valence-corrected chi connectivity index (χ1v) is 8.46. The molecular weight excluding hydrogens is 320 g/mol. The first kappa shape index (κ1) is 17.2. The van der Waals surface area contributed by atoms with Crippen molar-refractivity contribution in [1.82, 2.24) is 9.47 Å². The van der Waals surface area contributed by atoms with E-state index in [4.69, 9.17) is 4.74 Å². The Hall–Kier alpha value is -2.63. The third-order valence-electron chi connectivity index (χ3n) is 4.97. The van der Waals surface area contributed by atoms with Crippen LogP contribution in [0.5, 0.6) is 0 Å². The monoisotopic (exact) mass is 342 g/mol. The van der Waals surface area contributed by atoms with Crippen molar-refractivity contribution in [3.8, 4) is 0 Å². The quantitative estimate of drug-likeness (QED) is 0.800. The number of hydrogen-bond donors (Lipinski definition) is 0. The molecular formula is C19H22N2O4. The standard InChI is InChI=1S/C19H22N2O4/c1-20-16-6-4-3-5-14(16)15(12-17(20)22)19(24)21-9-7-13(8-10-21)11-18(23)25-2/h3-6,12-13H,7-11H2,1-2H3. The molecule has 0 unspecified atom stereocenters. The number of carbonyl (C=O) groups excluding carboxylic acids is 2. The maximum Gasteiger partial charge on any atom is 0.305 e. The topological polar surface area (TPSA) is 68.6 Å². The van der Waals surface area contributed by atoms with E-state index in [0.717, 1.165) is 23.7 Å². The van der Waals surface area contributed by atoms with Crippen LogP contribution in [-0.4, -0.2) is 41.5 Å². The Bertz CT molecular complexity index is 863. The molecule has 6 heteroatoms. The minimum Gasteiger partial charge on any atom is -0.469 e. The fraction of sp³-hybridized carbons (Fsp3) is 0.421. The van der Waals surface area contributed by atoms with Gasteiger partial charge in [-0.3, -0.25) is 14.4 Å². The van der Waals surface area contributed by atoms with Crippen molar-refractivity contribution in [3.63, 3.8) is 0 Å². The SMILES string of the molecule is COC(=O)CC1CCN(C(=O)c2cc(=O)n(C)c3ccccc23)CC1. The second-order valence-corrected chi connectivity index (χ2v) is 6.49. The maximum absolute atomic E-state index is 12.9. The summed E-state index contributed by atoms with van der Waals surface area (Å²) in [5.41, 5.74) is 1.01. The molecule has 0 aliphatic carbocycles. The second-order valence-electron chi connectivity index (χ2n) is 6.49. The molecule has 0 bridgehead atoms. The molecule has 1 aromatic heterocycles. The Morgan fingerprint density at radius 1 is 1.20 bits per heavy atom. The Kier molecular flexibility index (Phi) is 4.88. The van der Waals surface area contributed by atoms with Crippen LogP contribution < -0.4 is 5.56 Å². The number of piperidine rings is 1. The Labute approximate surface area is 146 Å². The lowest BCUT2D eigenvalue weighted by Crippen LogP contribution is -2.39. The lowest BCUT2D eigenvalue weighted by molar-refractivity contribution is -0.142. The molecule has 1 amide bonds. The molecule has 0 atom stereocenters.